The van der Waals surface area contributed by atoms with Crippen molar-refractivity contribution in [1.82, 2.24) is 14.9 Å². The number of aromatic nitrogens is 3. The highest BCUT2D eigenvalue weighted by Crippen LogP contribution is 2.32. The Bertz CT molecular complexity index is 871. The van der Waals surface area contributed by atoms with Gasteiger partial charge in [0.05, 0.1) is 11.0 Å². The second kappa shape index (κ2) is 5.83. The van der Waals surface area contributed by atoms with E-state index in [0.29, 0.717) is 0 Å². The Morgan fingerprint density at radius 1 is 0.957 bits per heavy atom. The van der Waals surface area contributed by atoms with E-state index in [9.17, 15) is 0 Å². The first kappa shape index (κ1) is 14.5. The molecular weight excluding hydrogens is 328 g/mol. The molecule has 0 saturated carbocycles. The lowest BCUT2D eigenvalue weighted by Crippen LogP contribution is -2.21. The first-order valence-corrected chi connectivity index (χ1v) is 8.50. The van der Waals surface area contributed by atoms with Crippen molar-refractivity contribution in [3.05, 3.63) is 65.2 Å². The molecule has 0 N–H and O–H groups in total. The third-order valence-electron chi connectivity index (χ3n) is 3.66. The Balaban J connectivity index is 1.83. The minimum absolute atomic E-state index is 0.205. The number of hydrogen-bond donors (Lipinski definition) is 0. The molecule has 0 fully saturated rings. The summed E-state index contributed by atoms with van der Waals surface area (Å²) in [6, 6.07) is 17.7. The van der Waals surface area contributed by atoms with Crippen LogP contribution in [0.2, 0.25) is 5.02 Å². The molecule has 3 aromatic rings. The Labute approximate surface area is 143 Å². The fraction of sp³-hybridized carbons (Fsp3) is 0.118. The van der Waals surface area contributed by atoms with Gasteiger partial charge in [0.1, 0.15) is 0 Å². The number of thioether (sulfide) groups is 1. The van der Waals surface area contributed by atoms with E-state index in [1.54, 1.807) is 11.8 Å². The Hall–Kier alpha value is -2.11. The minimum atomic E-state index is 0.205. The van der Waals surface area contributed by atoms with Crippen LogP contribution in [0.15, 0.2) is 64.9 Å². The van der Waals surface area contributed by atoms with Gasteiger partial charge in [-0.05, 0) is 24.6 Å². The van der Waals surface area contributed by atoms with E-state index in [2.05, 4.69) is 17.1 Å². The molecule has 0 unspecified atom stereocenters. The molecule has 0 radical (unpaired) electrons. The third kappa shape index (κ3) is 2.66. The van der Waals surface area contributed by atoms with Gasteiger partial charge in [0, 0.05) is 10.6 Å². The van der Waals surface area contributed by atoms with Crippen LogP contribution in [0.4, 0.5) is 0 Å². The fourth-order valence-corrected chi connectivity index (χ4v) is 3.56. The van der Waals surface area contributed by atoms with E-state index in [4.69, 9.17) is 16.7 Å². The summed E-state index contributed by atoms with van der Waals surface area (Å²) < 4.78 is 1.82. The average Bonchev–Trinajstić information content (AvgIpc) is 2.98. The first-order valence-electron chi connectivity index (χ1n) is 7.24. The predicted molar refractivity (Wildman–Crippen MR) is 94.2 cm³/mol. The molecule has 4 rings (SSSR count). The van der Waals surface area contributed by atoms with Crippen LogP contribution in [0.25, 0.3) is 11.4 Å². The van der Waals surface area contributed by atoms with Gasteiger partial charge in [-0.15, -0.1) is 10.2 Å². The van der Waals surface area contributed by atoms with Crippen LogP contribution in [0, 0.1) is 0 Å². The van der Waals surface area contributed by atoms with Crippen molar-refractivity contribution in [2.45, 2.75) is 17.3 Å². The molecule has 0 aliphatic carbocycles. The molecule has 6 heteroatoms. The van der Waals surface area contributed by atoms with Gasteiger partial charge < -0.3 is 0 Å². The molecule has 2 aromatic carbocycles. The van der Waals surface area contributed by atoms with Crippen molar-refractivity contribution in [2.24, 2.45) is 5.10 Å². The molecule has 4 nitrogen and oxygen atoms in total. The Morgan fingerprint density at radius 2 is 1.70 bits per heavy atom. The molecule has 1 atom stereocenters. The second-order valence-corrected chi connectivity index (χ2v) is 6.98. The molecule has 0 spiro atoms. The molecule has 1 aliphatic heterocycles. The van der Waals surface area contributed by atoms with Crippen molar-refractivity contribution in [3.63, 3.8) is 0 Å². The number of benzene rings is 2. The quantitative estimate of drug-likeness (QED) is 0.696. The van der Waals surface area contributed by atoms with Gasteiger partial charge in [-0.2, -0.15) is 9.78 Å². The number of halogens is 1. The highest BCUT2D eigenvalue weighted by molar-refractivity contribution is 8.00. The van der Waals surface area contributed by atoms with Gasteiger partial charge in [-0.3, -0.25) is 0 Å². The maximum atomic E-state index is 5.99. The highest BCUT2D eigenvalue weighted by Gasteiger charge is 2.26. The average molecular weight is 341 g/mol. The normalized spacial score (nSPS) is 16.8. The molecule has 0 saturated heterocycles. The number of nitrogens with zero attached hydrogens (tertiary/aromatic N) is 4. The lowest BCUT2D eigenvalue weighted by molar-refractivity contribution is 0.754. The standard InChI is InChI=1S/C17H13ClN4S/c1-11-15(12-7-9-14(18)10-8-12)21-22-16(19-20-17(22)23-11)13-5-3-2-4-6-13/h2-11H,1H3/t11-/m1/s1. The van der Waals surface area contributed by atoms with Gasteiger partial charge in [-0.25, -0.2) is 0 Å². The van der Waals surface area contributed by atoms with Crippen molar-refractivity contribution in [3.8, 4) is 11.4 Å². The summed E-state index contributed by atoms with van der Waals surface area (Å²) in [6.07, 6.45) is 0. The molecule has 0 amide bonds. The largest absolute Gasteiger partial charge is 0.213 e. The second-order valence-electron chi connectivity index (χ2n) is 5.24. The lowest BCUT2D eigenvalue weighted by atomic mass is 10.1. The summed E-state index contributed by atoms with van der Waals surface area (Å²) in [6.45, 7) is 2.12. The van der Waals surface area contributed by atoms with Crippen LogP contribution in [0.5, 0.6) is 0 Å². The molecule has 1 aliphatic rings. The van der Waals surface area contributed by atoms with Crippen LogP contribution in [0.3, 0.4) is 0 Å². The number of fused-ring (bicyclic) bond motifs is 1. The summed E-state index contributed by atoms with van der Waals surface area (Å²) >= 11 is 7.65. The monoisotopic (exact) mass is 340 g/mol. The van der Waals surface area contributed by atoms with E-state index in [-0.39, 0.29) is 5.25 Å². The summed E-state index contributed by atoms with van der Waals surface area (Å²) in [5, 5.41) is 15.1. The van der Waals surface area contributed by atoms with E-state index in [0.717, 1.165) is 32.8 Å². The van der Waals surface area contributed by atoms with Crippen LogP contribution in [-0.2, 0) is 0 Å². The van der Waals surface area contributed by atoms with E-state index in [1.807, 2.05) is 59.3 Å². The summed E-state index contributed by atoms with van der Waals surface area (Å²) in [4.78, 5) is 0. The van der Waals surface area contributed by atoms with Crippen molar-refractivity contribution >= 4 is 29.1 Å². The highest BCUT2D eigenvalue weighted by atomic mass is 35.5. The smallest absolute Gasteiger partial charge is 0.187 e. The zero-order valence-corrected chi connectivity index (χ0v) is 13.9. The first-order chi connectivity index (χ1) is 11.2. The van der Waals surface area contributed by atoms with Crippen molar-refractivity contribution in [1.29, 1.82) is 0 Å². The molecule has 2 heterocycles. The number of hydrogen-bond acceptors (Lipinski definition) is 4. The fourth-order valence-electron chi connectivity index (χ4n) is 2.51. The van der Waals surface area contributed by atoms with Crippen LogP contribution < -0.4 is 0 Å². The maximum Gasteiger partial charge on any atom is 0.213 e. The molecule has 1 aromatic heterocycles. The van der Waals surface area contributed by atoms with Gasteiger partial charge in [-0.1, -0.05) is 65.8 Å². The topological polar surface area (TPSA) is 43.1 Å². The maximum absolute atomic E-state index is 5.99. The zero-order chi connectivity index (χ0) is 15.8. The zero-order valence-electron chi connectivity index (χ0n) is 12.3. The van der Waals surface area contributed by atoms with Gasteiger partial charge in [0.25, 0.3) is 0 Å². The van der Waals surface area contributed by atoms with E-state index in [1.165, 1.54) is 0 Å². The number of rotatable bonds is 2. The molecule has 114 valence electrons. The predicted octanol–water partition coefficient (Wildman–Crippen LogP) is 4.35. The van der Waals surface area contributed by atoms with Crippen molar-refractivity contribution in [2.75, 3.05) is 0 Å². The van der Waals surface area contributed by atoms with E-state index >= 15 is 0 Å². The lowest BCUT2D eigenvalue weighted by Gasteiger charge is -2.20. The minimum Gasteiger partial charge on any atom is -0.187 e. The summed E-state index contributed by atoms with van der Waals surface area (Å²) in [5.41, 5.74) is 3.06. The summed E-state index contributed by atoms with van der Waals surface area (Å²) in [5.74, 6) is 0.756. The molecule has 23 heavy (non-hydrogen) atoms. The van der Waals surface area contributed by atoms with Crippen LogP contribution in [-0.4, -0.2) is 25.8 Å². The van der Waals surface area contributed by atoms with Gasteiger partial charge in [0.15, 0.2) is 5.82 Å². The summed E-state index contributed by atoms with van der Waals surface area (Å²) in [7, 11) is 0. The Morgan fingerprint density at radius 3 is 2.43 bits per heavy atom. The van der Waals surface area contributed by atoms with Crippen molar-refractivity contribution < 1.29 is 0 Å². The molecular formula is C17H13ClN4S. The van der Waals surface area contributed by atoms with Crippen LogP contribution in [0.1, 0.15) is 12.5 Å². The Kier molecular flexibility index (Phi) is 3.67. The van der Waals surface area contributed by atoms with Crippen LogP contribution >= 0.6 is 23.4 Å². The molecule has 0 bridgehead atoms. The SMILES string of the molecule is C[C@H]1Sc2nnc(-c3ccccc3)n2N=C1c1ccc(Cl)cc1. The van der Waals surface area contributed by atoms with Gasteiger partial charge >= 0.3 is 0 Å². The van der Waals surface area contributed by atoms with Gasteiger partial charge in [0.2, 0.25) is 5.16 Å². The third-order valence-corrected chi connectivity index (χ3v) is 4.95. The van der Waals surface area contributed by atoms with E-state index < -0.39 is 0 Å².